The Kier molecular flexibility index (Phi) is 6.91. The van der Waals surface area contributed by atoms with E-state index in [0.29, 0.717) is 0 Å². The highest BCUT2D eigenvalue weighted by Gasteiger charge is 2.38. The lowest BCUT2D eigenvalue weighted by molar-refractivity contribution is -1.36. The summed E-state index contributed by atoms with van der Waals surface area (Å²) in [6.07, 6.45) is -1.60. The van der Waals surface area contributed by atoms with Gasteiger partial charge in [-0.2, -0.15) is 0 Å². The lowest BCUT2D eigenvalue weighted by Gasteiger charge is -2.28. The van der Waals surface area contributed by atoms with Crippen molar-refractivity contribution in [1.82, 2.24) is 0 Å². The molecule has 0 fully saturated rings. The summed E-state index contributed by atoms with van der Waals surface area (Å²) in [5.41, 5.74) is -0.0757. The summed E-state index contributed by atoms with van der Waals surface area (Å²) in [5, 5.41) is 18.6. The molecule has 2 N–H and O–H groups in total. The van der Waals surface area contributed by atoms with Gasteiger partial charge < -0.3 is 14.9 Å². The number of para-hydroxylation sites is 1. The molecule has 0 aliphatic rings. The monoisotopic (exact) mass is 330 g/mol. The Morgan fingerprint density at radius 1 is 1.13 bits per heavy atom. The van der Waals surface area contributed by atoms with Crippen molar-refractivity contribution in [1.29, 1.82) is 0 Å². The van der Waals surface area contributed by atoms with Crippen molar-refractivity contribution in [2.45, 2.75) is 12.5 Å². The van der Waals surface area contributed by atoms with Crippen molar-refractivity contribution in [2.75, 3.05) is 27.9 Å². The van der Waals surface area contributed by atoms with Crippen LogP contribution in [0.3, 0.4) is 0 Å². The second-order valence-corrected chi connectivity index (χ2v) is 4.48. The van der Waals surface area contributed by atoms with Gasteiger partial charge in [-0.1, -0.05) is 12.1 Å². The summed E-state index contributed by atoms with van der Waals surface area (Å²) in [6, 6.07) is 5.77. The van der Waals surface area contributed by atoms with Crippen LogP contribution in [0.1, 0.15) is 16.8 Å². The van der Waals surface area contributed by atoms with Gasteiger partial charge in [0.05, 0.1) is 11.4 Å². The minimum Gasteiger partial charge on any atom is -0.507 e. The summed E-state index contributed by atoms with van der Waals surface area (Å²) in [7, 11) is 3.86. The Bertz CT molecular complexity index is 535. The number of benzene rings is 1. The van der Waals surface area contributed by atoms with Crippen LogP contribution in [0, 0.1) is 0 Å². The quantitative estimate of drug-likeness (QED) is 0.390. The molecular formula is C14H20NO8+. The second kappa shape index (κ2) is 8.44. The van der Waals surface area contributed by atoms with Crippen molar-refractivity contribution >= 4 is 11.9 Å². The molecule has 0 aliphatic heterocycles. The Hall–Kier alpha value is -2.20. The average molecular weight is 330 g/mol. The van der Waals surface area contributed by atoms with Crippen LogP contribution in [-0.2, 0) is 24.0 Å². The molecule has 23 heavy (non-hydrogen) atoms. The Balaban J connectivity index is 2.92. The van der Waals surface area contributed by atoms with Gasteiger partial charge in [-0.05, 0) is 12.1 Å². The van der Waals surface area contributed by atoms with Crippen LogP contribution in [0.15, 0.2) is 24.3 Å². The number of carboxylic acid groups (broad SMARTS) is 1. The maximum atomic E-state index is 12.1. The predicted molar refractivity (Wildman–Crippen MR) is 75.7 cm³/mol. The van der Waals surface area contributed by atoms with E-state index in [0.717, 1.165) is 0 Å². The van der Waals surface area contributed by atoms with Gasteiger partial charge in [0.15, 0.2) is 6.10 Å². The number of esters is 1. The number of carbonyl (C=O) groups is 2. The normalized spacial score (nSPS) is 12.7. The van der Waals surface area contributed by atoms with Crippen LogP contribution in [0.5, 0.6) is 5.75 Å². The first-order chi connectivity index (χ1) is 10.9. The van der Waals surface area contributed by atoms with Crippen molar-refractivity contribution in [3.63, 3.8) is 0 Å². The first kappa shape index (κ1) is 18.8. The van der Waals surface area contributed by atoms with Gasteiger partial charge in [0, 0.05) is 0 Å². The molecule has 9 nitrogen and oxygen atoms in total. The van der Waals surface area contributed by atoms with Crippen LogP contribution in [0.4, 0.5) is 0 Å². The molecule has 0 bridgehead atoms. The molecule has 1 atom stereocenters. The summed E-state index contributed by atoms with van der Waals surface area (Å²) < 4.78 is 5.15. The number of hydrogen-bond acceptors (Lipinski definition) is 7. The van der Waals surface area contributed by atoms with E-state index in [1.807, 2.05) is 0 Å². The highest BCUT2D eigenvalue weighted by atomic mass is 17.2. The Morgan fingerprint density at radius 2 is 1.70 bits per heavy atom. The number of nitrogens with zero attached hydrogens (tertiary/aromatic N) is 1. The lowest BCUT2D eigenvalue weighted by Crippen LogP contribution is -2.50. The van der Waals surface area contributed by atoms with E-state index in [1.165, 1.54) is 33.5 Å². The van der Waals surface area contributed by atoms with Gasteiger partial charge >= 0.3 is 11.9 Å². The molecule has 1 aromatic carbocycles. The molecule has 0 radical (unpaired) electrons. The van der Waals surface area contributed by atoms with Crippen molar-refractivity contribution in [2.24, 2.45) is 0 Å². The standard InChI is InChI=1S/C14H19NO8/c1-20-15(21-2,22-3)9-10(8-13(17)18)23-14(19)11-6-4-5-7-12(11)16/h4-7,10H,8-9H2,1-3H3,(H-,16,17,18,19)/p+1. The molecule has 0 spiro atoms. The van der Waals surface area contributed by atoms with Crippen LogP contribution < -0.4 is 0 Å². The van der Waals surface area contributed by atoms with Gasteiger partial charge in [-0.3, -0.25) is 4.79 Å². The minimum atomic E-state index is -1.18. The minimum absolute atomic E-state index is 0.0757. The fraction of sp³-hybridized carbons (Fsp3) is 0.429. The third-order valence-corrected chi connectivity index (χ3v) is 3.06. The summed E-state index contributed by atoms with van der Waals surface area (Å²) in [5.74, 6) is -2.31. The zero-order chi connectivity index (χ0) is 17.5. The maximum absolute atomic E-state index is 12.1. The van der Waals surface area contributed by atoms with E-state index in [1.54, 1.807) is 12.1 Å². The third kappa shape index (κ3) is 5.18. The molecule has 1 unspecified atom stereocenters. The highest BCUT2D eigenvalue weighted by Crippen LogP contribution is 2.20. The fourth-order valence-corrected chi connectivity index (χ4v) is 1.90. The lowest BCUT2D eigenvalue weighted by atomic mass is 10.2. The van der Waals surface area contributed by atoms with Gasteiger partial charge in [0.25, 0.3) is 0 Å². The number of aliphatic carboxylic acids is 1. The average Bonchev–Trinajstić information content (AvgIpc) is 2.52. The van der Waals surface area contributed by atoms with E-state index in [4.69, 9.17) is 24.4 Å². The van der Waals surface area contributed by atoms with E-state index in [2.05, 4.69) is 0 Å². The van der Waals surface area contributed by atoms with Crippen LogP contribution >= 0.6 is 0 Å². The van der Waals surface area contributed by atoms with E-state index >= 15 is 0 Å². The van der Waals surface area contributed by atoms with Crippen LogP contribution in [0.2, 0.25) is 0 Å². The van der Waals surface area contributed by atoms with Crippen molar-refractivity contribution in [3.8, 4) is 5.75 Å². The van der Waals surface area contributed by atoms with Gasteiger partial charge in [-0.25, -0.2) is 4.79 Å². The molecule has 0 aliphatic carbocycles. The fourth-order valence-electron chi connectivity index (χ4n) is 1.90. The number of carboxylic acids is 1. The summed E-state index contributed by atoms with van der Waals surface area (Å²) >= 11 is 0. The number of hydrogen-bond donors (Lipinski definition) is 2. The van der Waals surface area contributed by atoms with Gasteiger partial charge in [0.2, 0.25) is 6.54 Å². The van der Waals surface area contributed by atoms with Gasteiger partial charge in [0.1, 0.15) is 32.6 Å². The van der Waals surface area contributed by atoms with Crippen LogP contribution in [0.25, 0.3) is 0 Å². The predicted octanol–water partition coefficient (Wildman–Crippen LogP) is 0.893. The van der Waals surface area contributed by atoms with Gasteiger partial charge in [-0.15, -0.1) is 14.5 Å². The van der Waals surface area contributed by atoms with E-state index in [9.17, 15) is 14.7 Å². The molecule has 0 aromatic heterocycles. The molecule has 9 heteroatoms. The number of carbonyl (C=O) groups excluding carboxylic acids is 1. The number of phenolic OH excluding ortho intramolecular Hbond substituents is 1. The molecular weight excluding hydrogens is 310 g/mol. The maximum Gasteiger partial charge on any atom is 0.342 e. The smallest absolute Gasteiger partial charge is 0.342 e. The molecule has 0 saturated carbocycles. The largest absolute Gasteiger partial charge is 0.507 e. The molecule has 128 valence electrons. The molecule has 1 rings (SSSR count). The molecule has 0 heterocycles. The number of hydroxylamine groups is 3. The summed E-state index contributed by atoms with van der Waals surface area (Å²) in [6.45, 7) is -0.227. The molecule has 0 amide bonds. The summed E-state index contributed by atoms with van der Waals surface area (Å²) in [4.78, 5) is 37.3. The number of phenols is 1. The second-order valence-electron chi connectivity index (χ2n) is 4.48. The van der Waals surface area contributed by atoms with Crippen molar-refractivity contribution in [3.05, 3.63) is 29.8 Å². The number of rotatable bonds is 9. The number of ether oxygens (including phenoxy) is 1. The van der Waals surface area contributed by atoms with E-state index in [-0.39, 0.29) is 17.9 Å². The Morgan fingerprint density at radius 3 is 2.17 bits per heavy atom. The number of quaternary nitrogens is 1. The molecule has 0 saturated heterocycles. The third-order valence-electron chi connectivity index (χ3n) is 3.06. The van der Waals surface area contributed by atoms with Crippen molar-refractivity contribution < 1.29 is 44.0 Å². The van der Waals surface area contributed by atoms with Crippen LogP contribution in [-0.4, -0.2) is 61.1 Å². The SMILES string of the molecule is CO[N+](CC(CC(=O)O)OC(=O)c1ccccc1O)(OC)OC. The topological polar surface area (TPSA) is 112 Å². The zero-order valence-electron chi connectivity index (χ0n) is 13.1. The van der Waals surface area contributed by atoms with E-state index < -0.39 is 29.4 Å². The number of aromatic hydroxyl groups is 1. The first-order valence-electron chi connectivity index (χ1n) is 6.63. The zero-order valence-corrected chi connectivity index (χ0v) is 13.1. The Labute approximate surface area is 133 Å². The highest BCUT2D eigenvalue weighted by molar-refractivity contribution is 5.92. The first-order valence-corrected chi connectivity index (χ1v) is 6.63. The molecule has 1 aromatic rings.